The Kier molecular flexibility index (Phi) is 1.80. The Morgan fingerprint density at radius 3 is 2.73 bits per heavy atom. The van der Waals surface area contributed by atoms with Crippen molar-refractivity contribution in [2.45, 2.75) is 19.3 Å². The van der Waals surface area contributed by atoms with E-state index >= 15 is 0 Å². The fourth-order valence-corrected chi connectivity index (χ4v) is 2.14. The maximum absolute atomic E-state index is 8.90. The number of benzene rings is 1. The third-order valence-electron chi connectivity index (χ3n) is 2.89. The summed E-state index contributed by atoms with van der Waals surface area (Å²) >= 11 is 0. The maximum atomic E-state index is 8.90. The largest absolute Gasteiger partial charge is 0.454 e. The minimum absolute atomic E-state index is 0.282. The van der Waals surface area contributed by atoms with E-state index in [4.69, 9.17) is 14.7 Å². The monoisotopic (exact) mass is 205 g/mol. The molecule has 4 heteroatoms. The van der Waals surface area contributed by atoms with Crippen molar-refractivity contribution >= 4 is 5.71 Å². The summed E-state index contributed by atoms with van der Waals surface area (Å²) in [5.74, 6) is 1.55. The average Bonchev–Trinajstić information content (AvgIpc) is 2.72. The Morgan fingerprint density at radius 2 is 1.93 bits per heavy atom. The lowest BCUT2D eigenvalue weighted by atomic mass is 9.90. The minimum atomic E-state index is 0.282. The topological polar surface area (TPSA) is 51.1 Å². The minimum Gasteiger partial charge on any atom is -0.454 e. The quantitative estimate of drug-likeness (QED) is 0.520. The molecule has 1 aliphatic carbocycles. The van der Waals surface area contributed by atoms with Crippen LogP contribution in [0, 0.1) is 0 Å². The average molecular weight is 205 g/mol. The van der Waals surface area contributed by atoms with Crippen LogP contribution < -0.4 is 9.47 Å². The third kappa shape index (κ3) is 1.25. The zero-order valence-corrected chi connectivity index (χ0v) is 8.19. The summed E-state index contributed by atoms with van der Waals surface area (Å²) in [5, 5.41) is 12.2. The SMILES string of the molecule is O/N=C1\CCCc2cc3c(cc21)OCO3. The molecule has 1 N–H and O–H groups in total. The van der Waals surface area contributed by atoms with Crippen LogP contribution in [0.5, 0.6) is 11.5 Å². The van der Waals surface area contributed by atoms with Crippen molar-refractivity contribution in [3.63, 3.8) is 0 Å². The zero-order chi connectivity index (χ0) is 10.3. The summed E-state index contributed by atoms with van der Waals surface area (Å²) in [6.07, 6.45) is 2.85. The summed E-state index contributed by atoms with van der Waals surface area (Å²) in [7, 11) is 0. The first kappa shape index (κ1) is 8.59. The lowest BCUT2D eigenvalue weighted by molar-refractivity contribution is 0.174. The second-order valence-electron chi connectivity index (χ2n) is 3.76. The maximum Gasteiger partial charge on any atom is 0.231 e. The van der Waals surface area contributed by atoms with Gasteiger partial charge in [0.05, 0.1) is 5.71 Å². The first-order valence-corrected chi connectivity index (χ1v) is 5.02. The van der Waals surface area contributed by atoms with E-state index in [0.29, 0.717) is 0 Å². The van der Waals surface area contributed by atoms with Gasteiger partial charge in [0.1, 0.15) is 0 Å². The van der Waals surface area contributed by atoms with E-state index in [9.17, 15) is 0 Å². The molecule has 0 saturated heterocycles. The van der Waals surface area contributed by atoms with Crippen molar-refractivity contribution in [2.24, 2.45) is 5.16 Å². The van der Waals surface area contributed by atoms with Gasteiger partial charge in [-0.2, -0.15) is 0 Å². The first-order chi connectivity index (χ1) is 7.38. The molecule has 78 valence electrons. The van der Waals surface area contributed by atoms with E-state index in [1.54, 1.807) is 0 Å². The molecule has 0 bridgehead atoms. The van der Waals surface area contributed by atoms with Crippen molar-refractivity contribution in [3.05, 3.63) is 23.3 Å². The molecule has 0 radical (unpaired) electrons. The van der Waals surface area contributed by atoms with Crippen LogP contribution in [0.25, 0.3) is 0 Å². The van der Waals surface area contributed by atoms with E-state index in [2.05, 4.69) is 5.16 Å². The lowest BCUT2D eigenvalue weighted by Gasteiger charge is -2.16. The van der Waals surface area contributed by atoms with Gasteiger partial charge in [-0.25, -0.2) is 0 Å². The Bertz CT molecular complexity index is 440. The second kappa shape index (κ2) is 3.15. The van der Waals surface area contributed by atoms with Crippen LogP contribution in [0.3, 0.4) is 0 Å². The molecule has 0 saturated carbocycles. The van der Waals surface area contributed by atoms with E-state index < -0.39 is 0 Å². The molecule has 0 spiro atoms. The van der Waals surface area contributed by atoms with E-state index in [1.807, 2.05) is 12.1 Å². The highest BCUT2D eigenvalue weighted by Crippen LogP contribution is 2.37. The van der Waals surface area contributed by atoms with Crippen molar-refractivity contribution < 1.29 is 14.7 Å². The number of hydrogen-bond donors (Lipinski definition) is 1. The molecule has 4 nitrogen and oxygen atoms in total. The van der Waals surface area contributed by atoms with E-state index in [0.717, 1.165) is 42.0 Å². The predicted molar refractivity (Wildman–Crippen MR) is 53.8 cm³/mol. The van der Waals surface area contributed by atoms with Gasteiger partial charge in [-0.3, -0.25) is 0 Å². The highest BCUT2D eigenvalue weighted by molar-refractivity contribution is 6.03. The summed E-state index contributed by atoms with van der Waals surface area (Å²) in [4.78, 5) is 0. The molecule has 15 heavy (non-hydrogen) atoms. The van der Waals surface area contributed by atoms with Gasteiger partial charge in [-0.05, 0) is 37.0 Å². The summed E-state index contributed by atoms with van der Waals surface area (Å²) in [6.45, 7) is 0.282. The smallest absolute Gasteiger partial charge is 0.231 e. The van der Waals surface area contributed by atoms with Crippen molar-refractivity contribution in [1.29, 1.82) is 0 Å². The standard InChI is InChI=1S/C11H11NO3/c13-12-9-3-1-2-7-4-10-11(5-8(7)9)15-6-14-10/h4-5,13H,1-3,6H2/b12-9+. The van der Waals surface area contributed by atoms with Gasteiger partial charge in [0.2, 0.25) is 6.79 Å². The van der Waals surface area contributed by atoms with E-state index in [-0.39, 0.29) is 6.79 Å². The van der Waals surface area contributed by atoms with Crippen molar-refractivity contribution in [3.8, 4) is 11.5 Å². The molecule has 1 aliphatic heterocycles. The molecule has 1 aromatic rings. The normalized spacial score (nSPS) is 20.4. The highest BCUT2D eigenvalue weighted by atomic mass is 16.7. The molecular formula is C11H11NO3. The molecular weight excluding hydrogens is 194 g/mol. The molecule has 0 amide bonds. The molecule has 0 fully saturated rings. The fraction of sp³-hybridized carbons (Fsp3) is 0.364. The van der Waals surface area contributed by atoms with Crippen molar-refractivity contribution in [2.75, 3.05) is 6.79 Å². The van der Waals surface area contributed by atoms with Gasteiger partial charge in [-0.1, -0.05) is 5.16 Å². The molecule has 0 aromatic heterocycles. The van der Waals surface area contributed by atoms with Crippen molar-refractivity contribution in [1.82, 2.24) is 0 Å². The number of aryl methyl sites for hydroxylation is 1. The lowest BCUT2D eigenvalue weighted by Crippen LogP contribution is -2.11. The fourth-order valence-electron chi connectivity index (χ4n) is 2.14. The van der Waals surface area contributed by atoms with Gasteiger partial charge in [0, 0.05) is 5.56 Å². The number of nitrogens with zero attached hydrogens (tertiary/aromatic N) is 1. The molecule has 1 heterocycles. The van der Waals surface area contributed by atoms with Crippen LogP contribution >= 0.6 is 0 Å². The zero-order valence-electron chi connectivity index (χ0n) is 8.19. The Labute approximate surface area is 87.1 Å². The van der Waals surface area contributed by atoms with Gasteiger partial charge >= 0.3 is 0 Å². The Balaban J connectivity index is 2.16. The summed E-state index contributed by atoms with van der Waals surface area (Å²) in [6, 6.07) is 3.90. The number of hydrogen-bond acceptors (Lipinski definition) is 4. The van der Waals surface area contributed by atoms with E-state index in [1.165, 1.54) is 5.56 Å². The molecule has 0 unspecified atom stereocenters. The summed E-state index contributed by atoms with van der Waals surface area (Å²) < 4.78 is 10.6. The second-order valence-corrected chi connectivity index (χ2v) is 3.76. The molecule has 0 atom stereocenters. The van der Waals surface area contributed by atoms with Crippen LogP contribution in [0.4, 0.5) is 0 Å². The van der Waals surface area contributed by atoms with Crippen LogP contribution in [-0.2, 0) is 6.42 Å². The molecule has 2 aliphatic rings. The highest BCUT2D eigenvalue weighted by Gasteiger charge is 2.22. The van der Waals surface area contributed by atoms with Crippen LogP contribution in [0.15, 0.2) is 17.3 Å². The third-order valence-corrected chi connectivity index (χ3v) is 2.89. The number of rotatable bonds is 0. The number of fused-ring (bicyclic) bond motifs is 2. The molecule has 3 rings (SSSR count). The Morgan fingerprint density at radius 1 is 1.13 bits per heavy atom. The summed E-state index contributed by atoms with van der Waals surface area (Å²) in [5.41, 5.74) is 2.92. The van der Waals surface area contributed by atoms with Gasteiger partial charge in [0.25, 0.3) is 0 Å². The van der Waals surface area contributed by atoms with Gasteiger partial charge in [-0.15, -0.1) is 0 Å². The van der Waals surface area contributed by atoms with Crippen LogP contribution in [-0.4, -0.2) is 17.7 Å². The number of oxime groups is 1. The van der Waals surface area contributed by atoms with Gasteiger partial charge < -0.3 is 14.7 Å². The first-order valence-electron chi connectivity index (χ1n) is 5.02. The Hall–Kier alpha value is -1.71. The van der Waals surface area contributed by atoms with Crippen LogP contribution in [0.2, 0.25) is 0 Å². The molecule has 1 aromatic carbocycles. The van der Waals surface area contributed by atoms with Gasteiger partial charge in [0.15, 0.2) is 11.5 Å². The predicted octanol–water partition coefficient (Wildman–Crippen LogP) is 1.93. The van der Waals surface area contributed by atoms with Crippen LogP contribution in [0.1, 0.15) is 24.0 Å². The number of ether oxygens (including phenoxy) is 2.